The van der Waals surface area contributed by atoms with Crippen LogP contribution in [0.2, 0.25) is 10.0 Å². The average molecular weight is 304 g/mol. The molecule has 0 aliphatic heterocycles. The number of hydrogen-bond donors (Lipinski definition) is 3. The zero-order chi connectivity index (χ0) is 14.0. The SMILES string of the molecule is CC(CNc1nc(NN)c(Cl)cc1Cl)N(C)C1CC1. The van der Waals surface area contributed by atoms with Crippen LogP contribution in [0.15, 0.2) is 6.07 Å². The van der Waals surface area contributed by atoms with E-state index in [-0.39, 0.29) is 0 Å². The average Bonchev–Trinajstić information content (AvgIpc) is 3.20. The number of likely N-dealkylation sites (N-methyl/N-ethyl adjacent to an activating group) is 1. The molecule has 1 aromatic heterocycles. The number of nitrogen functional groups attached to an aromatic ring is 1. The predicted molar refractivity (Wildman–Crippen MR) is 80.8 cm³/mol. The Morgan fingerprint density at radius 2 is 2.05 bits per heavy atom. The summed E-state index contributed by atoms with van der Waals surface area (Å²) in [5, 5.41) is 4.13. The second-order valence-electron chi connectivity index (χ2n) is 4.92. The van der Waals surface area contributed by atoms with Crippen LogP contribution in [-0.4, -0.2) is 35.6 Å². The minimum absolute atomic E-state index is 0.404. The Kier molecular flexibility index (Phi) is 4.73. The van der Waals surface area contributed by atoms with Crippen molar-refractivity contribution < 1.29 is 0 Å². The number of pyridine rings is 1. The van der Waals surface area contributed by atoms with E-state index in [0.29, 0.717) is 27.7 Å². The lowest BCUT2D eigenvalue weighted by molar-refractivity contribution is 0.257. The van der Waals surface area contributed by atoms with Gasteiger partial charge in [0.2, 0.25) is 0 Å². The first-order chi connectivity index (χ1) is 9.02. The van der Waals surface area contributed by atoms with Gasteiger partial charge >= 0.3 is 0 Å². The lowest BCUT2D eigenvalue weighted by Gasteiger charge is -2.25. The molecule has 0 amide bonds. The third-order valence-corrected chi connectivity index (χ3v) is 4.03. The molecule has 0 saturated heterocycles. The van der Waals surface area contributed by atoms with Crippen LogP contribution in [0.5, 0.6) is 0 Å². The highest BCUT2D eigenvalue weighted by atomic mass is 35.5. The number of anilines is 2. The molecule has 5 nitrogen and oxygen atoms in total. The zero-order valence-electron chi connectivity index (χ0n) is 11.1. The number of hydrogen-bond acceptors (Lipinski definition) is 5. The van der Waals surface area contributed by atoms with Crippen LogP contribution in [-0.2, 0) is 0 Å². The molecule has 4 N–H and O–H groups in total. The van der Waals surface area contributed by atoms with Gasteiger partial charge in [0.05, 0.1) is 10.0 Å². The fraction of sp³-hybridized carbons (Fsp3) is 0.583. The molecular weight excluding hydrogens is 285 g/mol. The van der Waals surface area contributed by atoms with E-state index in [2.05, 4.69) is 34.6 Å². The van der Waals surface area contributed by atoms with Gasteiger partial charge in [-0.2, -0.15) is 0 Å². The van der Waals surface area contributed by atoms with Gasteiger partial charge in [-0.1, -0.05) is 23.2 Å². The summed E-state index contributed by atoms with van der Waals surface area (Å²) in [6.45, 7) is 2.95. The number of rotatable bonds is 6. The summed E-state index contributed by atoms with van der Waals surface area (Å²) in [5.41, 5.74) is 2.45. The molecular formula is C12H19Cl2N5. The largest absolute Gasteiger partial charge is 0.367 e. The molecule has 1 fully saturated rings. The second-order valence-corrected chi connectivity index (χ2v) is 5.73. The van der Waals surface area contributed by atoms with E-state index in [9.17, 15) is 0 Å². The van der Waals surface area contributed by atoms with Crippen LogP contribution in [0.4, 0.5) is 11.6 Å². The topological polar surface area (TPSA) is 66.2 Å². The first kappa shape index (κ1) is 14.7. The Labute approximate surface area is 123 Å². The third-order valence-electron chi connectivity index (χ3n) is 3.45. The lowest BCUT2D eigenvalue weighted by Crippen LogP contribution is -2.36. The zero-order valence-corrected chi connectivity index (χ0v) is 12.6. The van der Waals surface area contributed by atoms with Crippen molar-refractivity contribution in [3.05, 3.63) is 16.1 Å². The molecule has 0 spiro atoms. The summed E-state index contributed by atoms with van der Waals surface area (Å²) in [4.78, 5) is 6.63. The number of nitrogens with two attached hydrogens (primary N) is 1. The van der Waals surface area contributed by atoms with Gasteiger partial charge in [-0.05, 0) is 32.9 Å². The van der Waals surface area contributed by atoms with Gasteiger partial charge < -0.3 is 10.7 Å². The van der Waals surface area contributed by atoms with E-state index in [1.54, 1.807) is 6.07 Å². The molecule has 1 unspecified atom stereocenters. The van der Waals surface area contributed by atoms with Crippen molar-refractivity contribution in [2.24, 2.45) is 5.84 Å². The molecule has 1 aliphatic rings. The normalized spacial score (nSPS) is 16.5. The quantitative estimate of drug-likeness (QED) is 0.557. The van der Waals surface area contributed by atoms with Crippen molar-refractivity contribution in [2.75, 3.05) is 24.3 Å². The first-order valence-electron chi connectivity index (χ1n) is 6.31. The molecule has 2 rings (SSSR count). The minimum Gasteiger partial charge on any atom is -0.367 e. The second kappa shape index (κ2) is 6.13. The van der Waals surface area contributed by atoms with E-state index in [1.165, 1.54) is 12.8 Å². The van der Waals surface area contributed by atoms with Crippen molar-refractivity contribution in [1.82, 2.24) is 9.88 Å². The molecule has 106 valence electrons. The van der Waals surface area contributed by atoms with Crippen LogP contribution in [0.3, 0.4) is 0 Å². The van der Waals surface area contributed by atoms with Crippen molar-refractivity contribution in [3.8, 4) is 0 Å². The third kappa shape index (κ3) is 3.63. The van der Waals surface area contributed by atoms with Gasteiger partial charge in [0.1, 0.15) is 5.82 Å². The fourth-order valence-corrected chi connectivity index (χ4v) is 2.40. The van der Waals surface area contributed by atoms with E-state index in [4.69, 9.17) is 29.0 Å². The Morgan fingerprint density at radius 1 is 1.42 bits per heavy atom. The highest BCUT2D eigenvalue weighted by Crippen LogP contribution is 2.29. The Hall–Kier alpha value is -0.750. The summed E-state index contributed by atoms with van der Waals surface area (Å²) in [7, 11) is 2.15. The summed E-state index contributed by atoms with van der Waals surface area (Å²) in [6.07, 6.45) is 2.59. The van der Waals surface area contributed by atoms with Crippen molar-refractivity contribution >= 4 is 34.8 Å². The van der Waals surface area contributed by atoms with Crippen molar-refractivity contribution in [1.29, 1.82) is 0 Å². The number of nitrogens with zero attached hydrogens (tertiary/aromatic N) is 2. The maximum atomic E-state index is 6.10. The summed E-state index contributed by atoms with van der Waals surface area (Å²) >= 11 is 12.0. The molecule has 1 aliphatic carbocycles. The summed E-state index contributed by atoms with van der Waals surface area (Å²) in [6, 6.07) is 2.77. The standard InChI is InChI=1S/C12H19Cl2N5/c1-7(19(2)8-3-4-8)6-16-11-9(13)5-10(14)12(17-11)18-15/h5,7-8H,3-4,6,15H2,1-2H3,(H2,16,17,18). The van der Waals surface area contributed by atoms with E-state index in [1.807, 2.05) is 0 Å². The summed E-state index contributed by atoms with van der Waals surface area (Å²) in [5.74, 6) is 6.35. The van der Waals surface area contributed by atoms with E-state index >= 15 is 0 Å². The predicted octanol–water partition coefficient (Wildman–Crippen LogP) is 2.57. The van der Waals surface area contributed by atoms with Gasteiger partial charge in [0, 0.05) is 18.6 Å². The van der Waals surface area contributed by atoms with Crippen molar-refractivity contribution in [2.45, 2.75) is 31.8 Å². The molecule has 7 heteroatoms. The van der Waals surface area contributed by atoms with Crippen LogP contribution in [0.1, 0.15) is 19.8 Å². The molecule has 0 radical (unpaired) electrons. The lowest BCUT2D eigenvalue weighted by atomic mass is 10.3. The van der Waals surface area contributed by atoms with Gasteiger partial charge in [0.15, 0.2) is 5.82 Å². The van der Waals surface area contributed by atoms with E-state index in [0.717, 1.165) is 12.6 Å². The highest BCUT2D eigenvalue weighted by molar-refractivity contribution is 6.37. The Morgan fingerprint density at radius 3 is 2.63 bits per heavy atom. The molecule has 1 saturated carbocycles. The number of aromatic nitrogens is 1. The molecule has 1 aromatic rings. The first-order valence-corrected chi connectivity index (χ1v) is 7.07. The van der Waals surface area contributed by atoms with Crippen LogP contribution < -0.4 is 16.6 Å². The number of nitrogens with one attached hydrogen (secondary N) is 2. The van der Waals surface area contributed by atoms with Gasteiger partial charge in [-0.15, -0.1) is 0 Å². The van der Waals surface area contributed by atoms with Gasteiger partial charge in [0.25, 0.3) is 0 Å². The smallest absolute Gasteiger partial charge is 0.161 e. The fourth-order valence-electron chi connectivity index (χ4n) is 1.92. The minimum atomic E-state index is 0.404. The molecule has 0 aromatic carbocycles. The molecule has 1 heterocycles. The summed E-state index contributed by atoms with van der Waals surface area (Å²) < 4.78 is 0. The number of hydrazine groups is 1. The monoisotopic (exact) mass is 303 g/mol. The molecule has 1 atom stereocenters. The molecule has 19 heavy (non-hydrogen) atoms. The Balaban J connectivity index is 1.98. The van der Waals surface area contributed by atoms with Gasteiger partial charge in [-0.25, -0.2) is 10.8 Å². The highest BCUT2D eigenvalue weighted by Gasteiger charge is 2.29. The number of halogens is 2. The van der Waals surface area contributed by atoms with Crippen LogP contribution in [0, 0.1) is 0 Å². The maximum Gasteiger partial charge on any atom is 0.161 e. The van der Waals surface area contributed by atoms with Crippen LogP contribution in [0.25, 0.3) is 0 Å². The Bertz CT molecular complexity index is 450. The van der Waals surface area contributed by atoms with E-state index < -0.39 is 0 Å². The van der Waals surface area contributed by atoms with Gasteiger partial charge in [-0.3, -0.25) is 4.90 Å². The maximum absolute atomic E-state index is 6.10. The molecule has 0 bridgehead atoms. The van der Waals surface area contributed by atoms with Crippen LogP contribution >= 0.6 is 23.2 Å². The van der Waals surface area contributed by atoms with Crippen molar-refractivity contribution in [3.63, 3.8) is 0 Å².